The molecule has 0 saturated heterocycles. The zero-order chi connectivity index (χ0) is 12.3. The summed E-state index contributed by atoms with van der Waals surface area (Å²) in [5.41, 5.74) is 0.756. The van der Waals surface area contributed by atoms with Crippen LogP contribution in [0, 0.1) is 5.92 Å². The second kappa shape index (κ2) is 5.69. The van der Waals surface area contributed by atoms with Gasteiger partial charge < -0.3 is 4.74 Å². The molecule has 0 saturated carbocycles. The van der Waals surface area contributed by atoms with Gasteiger partial charge in [-0.15, -0.1) is 11.6 Å². The van der Waals surface area contributed by atoms with Crippen LogP contribution in [0.25, 0.3) is 0 Å². The molecule has 0 aliphatic carbocycles. The average molecular weight is 263 g/mol. The Hall–Kier alpha value is -0.540. The highest BCUT2D eigenvalue weighted by Gasteiger charge is 2.25. The van der Waals surface area contributed by atoms with Crippen LogP contribution in [0.15, 0.2) is 6.20 Å². The number of ether oxygens (including phenoxy) is 1. The van der Waals surface area contributed by atoms with Crippen molar-refractivity contribution in [3.8, 4) is 6.01 Å². The van der Waals surface area contributed by atoms with E-state index in [1.54, 1.807) is 6.20 Å². The van der Waals surface area contributed by atoms with Crippen LogP contribution >= 0.6 is 23.2 Å². The third kappa shape index (κ3) is 2.98. The van der Waals surface area contributed by atoms with Gasteiger partial charge in [-0.05, 0) is 12.8 Å². The minimum absolute atomic E-state index is 0.0443. The van der Waals surface area contributed by atoms with Crippen molar-refractivity contribution in [2.75, 3.05) is 7.11 Å². The zero-order valence-electron chi connectivity index (χ0n) is 9.87. The second-order valence-electron chi connectivity index (χ2n) is 4.04. The smallest absolute Gasteiger partial charge is 0.316 e. The first-order chi connectivity index (χ1) is 7.47. The van der Waals surface area contributed by atoms with E-state index in [4.69, 9.17) is 27.9 Å². The number of hydrogen-bond acceptors (Lipinski definition) is 3. The standard InChI is InChI=1S/C11H16Cl2N2O/c1-6(2)9(7(3)12)10-8(13)5-14-11(15-10)16-4/h5-7,9H,1-4H3. The van der Waals surface area contributed by atoms with Crippen molar-refractivity contribution in [1.82, 2.24) is 9.97 Å². The largest absolute Gasteiger partial charge is 0.467 e. The third-order valence-corrected chi connectivity index (χ3v) is 3.02. The van der Waals surface area contributed by atoms with Gasteiger partial charge >= 0.3 is 6.01 Å². The molecule has 16 heavy (non-hydrogen) atoms. The second-order valence-corrected chi connectivity index (χ2v) is 5.13. The van der Waals surface area contributed by atoms with Crippen LogP contribution in [-0.4, -0.2) is 22.5 Å². The molecular formula is C11H16Cl2N2O. The predicted molar refractivity (Wildman–Crippen MR) is 66.5 cm³/mol. The van der Waals surface area contributed by atoms with E-state index >= 15 is 0 Å². The molecule has 0 radical (unpaired) electrons. The highest BCUT2D eigenvalue weighted by atomic mass is 35.5. The normalized spacial score (nSPS) is 14.9. The summed E-state index contributed by atoms with van der Waals surface area (Å²) in [5.74, 6) is 0.440. The van der Waals surface area contributed by atoms with Crippen molar-refractivity contribution < 1.29 is 4.74 Å². The summed E-state index contributed by atoms with van der Waals surface area (Å²) in [7, 11) is 1.53. The fraction of sp³-hybridized carbons (Fsp3) is 0.636. The van der Waals surface area contributed by atoms with E-state index in [2.05, 4.69) is 23.8 Å². The summed E-state index contributed by atoms with van der Waals surface area (Å²) in [6.07, 6.45) is 1.55. The molecule has 0 fully saturated rings. The van der Waals surface area contributed by atoms with Crippen molar-refractivity contribution >= 4 is 23.2 Å². The van der Waals surface area contributed by atoms with Crippen molar-refractivity contribution in [3.05, 3.63) is 16.9 Å². The lowest BCUT2D eigenvalue weighted by atomic mass is 9.89. The van der Waals surface area contributed by atoms with E-state index in [1.165, 1.54) is 7.11 Å². The van der Waals surface area contributed by atoms with Crippen LogP contribution in [0.2, 0.25) is 5.02 Å². The van der Waals surface area contributed by atoms with Crippen LogP contribution in [0.3, 0.4) is 0 Å². The molecule has 0 aliphatic rings. The molecule has 3 nitrogen and oxygen atoms in total. The van der Waals surface area contributed by atoms with Gasteiger partial charge in [0.2, 0.25) is 0 Å². The number of rotatable bonds is 4. The van der Waals surface area contributed by atoms with Crippen LogP contribution in [-0.2, 0) is 0 Å². The van der Waals surface area contributed by atoms with Crippen LogP contribution < -0.4 is 4.74 Å². The molecule has 2 atom stereocenters. The van der Waals surface area contributed by atoms with Gasteiger partial charge in [0, 0.05) is 11.3 Å². The number of nitrogens with zero attached hydrogens (tertiary/aromatic N) is 2. The Bertz CT molecular complexity index is 348. The van der Waals surface area contributed by atoms with Gasteiger partial charge in [0.05, 0.1) is 24.0 Å². The highest BCUT2D eigenvalue weighted by molar-refractivity contribution is 6.31. The molecule has 2 unspecified atom stereocenters. The van der Waals surface area contributed by atoms with Gasteiger partial charge in [0.25, 0.3) is 0 Å². The molecular weight excluding hydrogens is 247 g/mol. The topological polar surface area (TPSA) is 35.0 Å². The molecule has 1 rings (SSSR count). The lowest BCUT2D eigenvalue weighted by Crippen LogP contribution is -2.18. The summed E-state index contributed by atoms with van der Waals surface area (Å²) in [5, 5.41) is 0.490. The molecule has 0 aliphatic heterocycles. The van der Waals surface area contributed by atoms with Gasteiger partial charge in [0.15, 0.2) is 0 Å². The summed E-state index contributed by atoms with van der Waals surface area (Å²) in [6.45, 7) is 6.13. The van der Waals surface area contributed by atoms with E-state index in [9.17, 15) is 0 Å². The fourth-order valence-corrected chi connectivity index (χ4v) is 2.39. The first-order valence-corrected chi connectivity index (χ1v) is 5.99. The SMILES string of the molecule is COc1ncc(Cl)c(C(C(C)C)C(C)Cl)n1. The third-order valence-electron chi connectivity index (χ3n) is 2.46. The molecule has 1 aromatic heterocycles. The molecule has 0 N–H and O–H groups in total. The van der Waals surface area contributed by atoms with Crippen LogP contribution in [0.1, 0.15) is 32.4 Å². The van der Waals surface area contributed by atoms with Crippen molar-refractivity contribution in [2.45, 2.75) is 32.1 Å². The molecule has 0 bridgehead atoms. The lowest BCUT2D eigenvalue weighted by Gasteiger charge is -2.23. The Morgan fingerprint density at radius 2 is 1.94 bits per heavy atom. The van der Waals surface area contributed by atoms with Crippen LogP contribution in [0.5, 0.6) is 6.01 Å². The number of methoxy groups -OCH3 is 1. The zero-order valence-corrected chi connectivity index (χ0v) is 11.4. The van der Waals surface area contributed by atoms with Crippen LogP contribution in [0.4, 0.5) is 0 Å². The van der Waals surface area contributed by atoms with Gasteiger partial charge in [-0.25, -0.2) is 4.98 Å². The number of aromatic nitrogens is 2. The van der Waals surface area contributed by atoms with E-state index in [0.29, 0.717) is 17.0 Å². The summed E-state index contributed by atoms with van der Waals surface area (Å²) in [4.78, 5) is 8.23. The predicted octanol–water partition coefficient (Wildman–Crippen LogP) is 3.51. The summed E-state index contributed by atoms with van der Waals surface area (Å²) < 4.78 is 5.00. The first kappa shape index (κ1) is 13.5. The maximum absolute atomic E-state index is 6.18. The Kier molecular flexibility index (Phi) is 4.81. The quantitative estimate of drug-likeness (QED) is 0.780. The first-order valence-electron chi connectivity index (χ1n) is 5.17. The van der Waals surface area contributed by atoms with Gasteiger partial charge in [-0.2, -0.15) is 4.98 Å². The molecule has 0 aromatic carbocycles. The number of halogens is 2. The van der Waals surface area contributed by atoms with E-state index in [1.807, 2.05) is 6.92 Å². The summed E-state index contributed by atoms with van der Waals surface area (Å²) in [6, 6.07) is 0.322. The molecule has 1 heterocycles. The molecule has 0 amide bonds. The van der Waals surface area contributed by atoms with E-state index in [0.717, 1.165) is 5.69 Å². The van der Waals surface area contributed by atoms with Gasteiger partial charge in [0.1, 0.15) is 0 Å². The average Bonchev–Trinajstić information content (AvgIpc) is 2.20. The Morgan fingerprint density at radius 3 is 2.38 bits per heavy atom. The Balaban J connectivity index is 3.17. The van der Waals surface area contributed by atoms with Crippen molar-refractivity contribution in [1.29, 1.82) is 0 Å². The molecule has 0 spiro atoms. The maximum Gasteiger partial charge on any atom is 0.316 e. The van der Waals surface area contributed by atoms with Gasteiger partial charge in [-0.1, -0.05) is 25.4 Å². The Labute approximate surface area is 106 Å². The van der Waals surface area contributed by atoms with Gasteiger partial charge in [-0.3, -0.25) is 0 Å². The molecule has 1 aromatic rings. The Morgan fingerprint density at radius 1 is 1.31 bits per heavy atom. The van der Waals surface area contributed by atoms with E-state index in [-0.39, 0.29) is 11.3 Å². The lowest BCUT2D eigenvalue weighted by molar-refractivity contribution is 0.372. The maximum atomic E-state index is 6.18. The molecule has 5 heteroatoms. The minimum atomic E-state index is -0.0443. The van der Waals surface area contributed by atoms with E-state index < -0.39 is 0 Å². The fourth-order valence-electron chi connectivity index (χ4n) is 1.76. The summed E-state index contributed by atoms with van der Waals surface area (Å²) >= 11 is 12.3. The highest BCUT2D eigenvalue weighted by Crippen LogP contribution is 2.34. The number of alkyl halides is 1. The monoisotopic (exact) mass is 262 g/mol. The number of hydrogen-bond donors (Lipinski definition) is 0. The molecule has 90 valence electrons. The minimum Gasteiger partial charge on any atom is -0.467 e. The van der Waals surface area contributed by atoms with Crippen molar-refractivity contribution in [2.24, 2.45) is 5.92 Å². The van der Waals surface area contributed by atoms with Crippen molar-refractivity contribution in [3.63, 3.8) is 0 Å².